The van der Waals surface area contributed by atoms with Crippen LogP contribution in [0.4, 0.5) is 0 Å². The van der Waals surface area contributed by atoms with Gasteiger partial charge in [0.1, 0.15) is 16.8 Å². The second-order valence-electron chi connectivity index (χ2n) is 5.23. The van der Waals surface area contributed by atoms with E-state index in [1.54, 1.807) is 11.7 Å². The van der Waals surface area contributed by atoms with E-state index in [0.717, 1.165) is 10.9 Å². The van der Waals surface area contributed by atoms with Gasteiger partial charge in [-0.15, -0.1) is 0 Å². The molecule has 0 bridgehead atoms. The van der Waals surface area contributed by atoms with Crippen LogP contribution in [0.3, 0.4) is 0 Å². The lowest BCUT2D eigenvalue weighted by atomic mass is 10.2. The van der Waals surface area contributed by atoms with Gasteiger partial charge in [-0.05, 0) is 13.0 Å². The first-order valence-electron chi connectivity index (χ1n) is 7.24. The Morgan fingerprint density at radius 2 is 2.17 bits per heavy atom. The SMILES string of the molecule is COCCn1c(SCC(C)=O)nc2c([nH]c3ccccc32)c1=O. The Bertz CT molecular complexity index is 929. The van der Waals surface area contributed by atoms with E-state index < -0.39 is 0 Å². The molecule has 1 N–H and O–H groups in total. The van der Waals surface area contributed by atoms with Gasteiger partial charge in [0, 0.05) is 18.0 Å². The molecule has 0 aliphatic rings. The standard InChI is InChI=1S/C16H17N3O3S/c1-10(20)9-23-16-18-13-11-5-3-4-6-12(11)17-14(13)15(21)19(16)7-8-22-2/h3-6,17H,7-9H2,1-2H3. The van der Waals surface area contributed by atoms with E-state index in [1.807, 2.05) is 24.3 Å². The maximum atomic E-state index is 12.8. The summed E-state index contributed by atoms with van der Waals surface area (Å²) in [5.74, 6) is 0.328. The predicted octanol–water partition coefficient (Wildman–Crippen LogP) is 2.21. The molecule has 120 valence electrons. The van der Waals surface area contributed by atoms with E-state index >= 15 is 0 Å². The first-order valence-corrected chi connectivity index (χ1v) is 8.23. The number of thioether (sulfide) groups is 1. The number of para-hydroxylation sites is 1. The topological polar surface area (TPSA) is 77.0 Å². The largest absolute Gasteiger partial charge is 0.383 e. The number of ketones is 1. The lowest BCUT2D eigenvalue weighted by Gasteiger charge is -2.10. The lowest BCUT2D eigenvalue weighted by molar-refractivity contribution is -0.114. The number of hydrogen-bond acceptors (Lipinski definition) is 5. The zero-order chi connectivity index (χ0) is 16.4. The molecule has 2 heterocycles. The molecule has 6 nitrogen and oxygen atoms in total. The molecule has 3 rings (SSSR count). The molecular weight excluding hydrogens is 314 g/mol. The summed E-state index contributed by atoms with van der Waals surface area (Å²) in [4.78, 5) is 31.9. The molecule has 0 fully saturated rings. The maximum absolute atomic E-state index is 12.8. The Labute approximate surface area is 136 Å². The van der Waals surface area contributed by atoms with Crippen LogP contribution in [0.5, 0.6) is 0 Å². The number of Topliss-reactive ketones (excluding diaryl/α,β-unsaturated/α-hetero) is 1. The van der Waals surface area contributed by atoms with E-state index in [1.165, 1.54) is 18.7 Å². The second kappa shape index (κ2) is 6.55. The number of H-pyrrole nitrogens is 1. The number of rotatable bonds is 6. The summed E-state index contributed by atoms with van der Waals surface area (Å²) < 4.78 is 6.64. The van der Waals surface area contributed by atoms with Crippen LogP contribution in [0.15, 0.2) is 34.2 Å². The predicted molar refractivity (Wildman–Crippen MR) is 91.1 cm³/mol. The fourth-order valence-electron chi connectivity index (χ4n) is 2.43. The van der Waals surface area contributed by atoms with E-state index in [2.05, 4.69) is 9.97 Å². The van der Waals surface area contributed by atoms with Crippen LogP contribution in [0, 0.1) is 0 Å². The van der Waals surface area contributed by atoms with Crippen molar-refractivity contribution in [3.05, 3.63) is 34.6 Å². The van der Waals surface area contributed by atoms with Gasteiger partial charge in [-0.3, -0.25) is 14.2 Å². The summed E-state index contributed by atoms with van der Waals surface area (Å²) in [6.45, 7) is 2.32. The lowest BCUT2D eigenvalue weighted by Crippen LogP contribution is -2.25. The van der Waals surface area contributed by atoms with Crippen LogP contribution < -0.4 is 5.56 Å². The van der Waals surface area contributed by atoms with Gasteiger partial charge in [0.05, 0.1) is 18.9 Å². The highest BCUT2D eigenvalue weighted by Gasteiger charge is 2.16. The van der Waals surface area contributed by atoms with Crippen molar-refractivity contribution in [3.63, 3.8) is 0 Å². The van der Waals surface area contributed by atoms with Crippen LogP contribution in [0.2, 0.25) is 0 Å². The van der Waals surface area contributed by atoms with Crippen molar-refractivity contribution in [1.29, 1.82) is 0 Å². The van der Waals surface area contributed by atoms with Crippen molar-refractivity contribution >= 4 is 39.5 Å². The molecule has 0 spiro atoms. The Kier molecular flexibility index (Phi) is 4.49. The molecule has 0 saturated carbocycles. The van der Waals surface area contributed by atoms with Crippen LogP contribution in [0.1, 0.15) is 6.92 Å². The van der Waals surface area contributed by atoms with Crippen molar-refractivity contribution < 1.29 is 9.53 Å². The molecule has 3 aromatic rings. The van der Waals surface area contributed by atoms with Gasteiger partial charge < -0.3 is 9.72 Å². The first kappa shape index (κ1) is 15.8. The minimum atomic E-state index is -0.144. The molecule has 0 atom stereocenters. The van der Waals surface area contributed by atoms with Gasteiger partial charge in [0.25, 0.3) is 5.56 Å². The first-order chi connectivity index (χ1) is 11.1. The molecular formula is C16H17N3O3S. The highest BCUT2D eigenvalue weighted by atomic mass is 32.2. The number of carbonyl (C=O) groups is 1. The number of hydrogen-bond donors (Lipinski definition) is 1. The van der Waals surface area contributed by atoms with Crippen LogP contribution in [0.25, 0.3) is 21.9 Å². The summed E-state index contributed by atoms with van der Waals surface area (Å²) in [5.41, 5.74) is 1.85. The number of nitrogens with zero attached hydrogens (tertiary/aromatic N) is 2. The molecule has 7 heteroatoms. The molecule has 2 aromatic heterocycles. The molecule has 1 aromatic carbocycles. The average molecular weight is 331 g/mol. The highest BCUT2D eigenvalue weighted by Crippen LogP contribution is 2.24. The van der Waals surface area contributed by atoms with Gasteiger partial charge in [0.2, 0.25) is 0 Å². The van der Waals surface area contributed by atoms with Gasteiger partial charge in [-0.1, -0.05) is 30.0 Å². The number of ether oxygens (including phenoxy) is 1. The van der Waals surface area contributed by atoms with E-state index in [0.29, 0.717) is 29.3 Å². The van der Waals surface area contributed by atoms with E-state index in [9.17, 15) is 9.59 Å². The monoisotopic (exact) mass is 331 g/mol. The normalized spacial score (nSPS) is 11.4. The van der Waals surface area contributed by atoms with Crippen LogP contribution >= 0.6 is 11.8 Å². The Morgan fingerprint density at radius 1 is 1.39 bits per heavy atom. The minimum Gasteiger partial charge on any atom is -0.383 e. The molecule has 0 amide bonds. The van der Waals surface area contributed by atoms with Crippen LogP contribution in [-0.2, 0) is 16.1 Å². The van der Waals surface area contributed by atoms with Crippen molar-refractivity contribution in [1.82, 2.24) is 14.5 Å². The summed E-state index contributed by atoms with van der Waals surface area (Å²) in [5, 5.41) is 1.45. The Balaban J connectivity index is 2.22. The third-order valence-electron chi connectivity index (χ3n) is 3.50. The highest BCUT2D eigenvalue weighted by molar-refractivity contribution is 7.99. The van der Waals surface area contributed by atoms with Gasteiger partial charge >= 0.3 is 0 Å². The second-order valence-corrected chi connectivity index (χ2v) is 6.17. The molecule has 0 radical (unpaired) electrons. The van der Waals surface area contributed by atoms with E-state index in [-0.39, 0.29) is 17.1 Å². The number of methoxy groups -OCH3 is 1. The summed E-state index contributed by atoms with van der Waals surface area (Å²) in [6, 6.07) is 7.67. The van der Waals surface area contributed by atoms with Gasteiger partial charge in [0.15, 0.2) is 5.16 Å². The van der Waals surface area contributed by atoms with Crippen molar-refractivity contribution in [3.8, 4) is 0 Å². The smallest absolute Gasteiger partial charge is 0.278 e. The maximum Gasteiger partial charge on any atom is 0.278 e. The number of benzene rings is 1. The summed E-state index contributed by atoms with van der Waals surface area (Å²) >= 11 is 1.28. The quantitative estimate of drug-likeness (QED) is 0.553. The number of carbonyl (C=O) groups excluding carboxylic acids is 1. The molecule has 0 saturated heterocycles. The summed E-state index contributed by atoms with van der Waals surface area (Å²) in [7, 11) is 1.59. The number of fused-ring (bicyclic) bond motifs is 3. The molecule has 0 aliphatic carbocycles. The Hall–Kier alpha value is -2.12. The average Bonchev–Trinajstić information content (AvgIpc) is 2.91. The molecule has 23 heavy (non-hydrogen) atoms. The fraction of sp³-hybridized carbons (Fsp3) is 0.312. The van der Waals surface area contributed by atoms with Crippen LogP contribution in [-0.4, -0.2) is 39.8 Å². The zero-order valence-corrected chi connectivity index (χ0v) is 13.8. The Morgan fingerprint density at radius 3 is 2.91 bits per heavy atom. The minimum absolute atomic E-state index is 0.0431. The number of aromatic amines is 1. The fourth-order valence-corrected chi connectivity index (χ4v) is 3.25. The summed E-state index contributed by atoms with van der Waals surface area (Å²) in [6.07, 6.45) is 0. The molecule has 0 aliphatic heterocycles. The van der Waals surface area contributed by atoms with Gasteiger partial charge in [-0.2, -0.15) is 0 Å². The third kappa shape index (κ3) is 3.02. The number of nitrogens with one attached hydrogen (secondary N) is 1. The van der Waals surface area contributed by atoms with Gasteiger partial charge in [-0.25, -0.2) is 4.98 Å². The van der Waals surface area contributed by atoms with Crippen molar-refractivity contribution in [2.45, 2.75) is 18.6 Å². The number of aromatic nitrogens is 3. The van der Waals surface area contributed by atoms with Crippen molar-refractivity contribution in [2.75, 3.05) is 19.5 Å². The molecule has 0 unspecified atom stereocenters. The zero-order valence-electron chi connectivity index (χ0n) is 13.0. The third-order valence-corrected chi connectivity index (χ3v) is 4.62. The van der Waals surface area contributed by atoms with E-state index in [4.69, 9.17) is 4.74 Å². The van der Waals surface area contributed by atoms with Crippen molar-refractivity contribution in [2.24, 2.45) is 0 Å².